The van der Waals surface area contributed by atoms with Crippen molar-refractivity contribution in [2.45, 2.75) is 45.8 Å². The summed E-state index contributed by atoms with van der Waals surface area (Å²) in [5, 5.41) is 13.6. The Bertz CT molecular complexity index is 466. The van der Waals surface area contributed by atoms with Crippen LogP contribution in [0.1, 0.15) is 45.2 Å². The fraction of sp³-hybridized carbons (Fsp3) is 0.647. The molecule has 1 heterocycles. The maximum atomic E-state index is 10.1. The third-order valence-electron chi connectivity index (χ3n) is 4.43. The van der Waals surface area contributed by atoms with Gasteiger partial charge in [-0.1, -0.05) is 19.9 Å². The van der Waals surface area contributed by atoms with Crippen LogP contribution in [0.15, 0.2) is 22.7 Å². The summed E-state index contributed by atoms with van der Waals surface area (Å²) in [7, 11) is 0. The largest absolute Gasteiger partial charge is 0.391 e. The van der Waals surface area contributed by atoms with Crippen molar-refractivity contribution in [3.05, 3.63) is 28.2 Å². The van der Waals surface area contributed by atoms with Crippen LogP contribution in [-0.4, -0.2) is 30.8 Å². The summed E-state index contributed by atoms with van der Waals surface area (Å²) < 4.78 is 1.12. The number of halogens is 1. The van der Waals surface area contributed by atoms with Crippen molar-refractivity contribution in [3.63, 3.8) is 0 Å². The predicted molar refractivity (Wildman–Crippen MR) is 92.9 cm³/mol. The van der Waals surface area contributed by atoms with Gasteiger partial charge in [-0.15, -0.1) is 0 Å². The Morgan fingerprint density at radius 2 is 2.24 bits per heavy atom. The summed E-state index contributed by atoms with van der Waals surface area (Å²) in [5.74, 6) is 0.401. The molecule has 3 unspecified atom stereocenters. The highest BCUT2D eigenvalue weighted by atomic mass is 79.9. The molecule has 1 aromatic rings. The first-order valence-corrected chi connectivity index (χ1v) is 8.78. The van der Waals surface area contributed by atoms with Crippen LogP contribution in [0.5, 0.6) is 0 Å². The average Bonchev–Trinajstić information content (AvgIpc) is 2.47. The van der Waals surface area contributed by atoms with Gasteiger partial charge in [-0.25, -0.2) is 0 Å². The molecule has 1 fully saturated rings. The van der Waals surface area contributed by atoms with E-state index in [1.54, 1.807) is 0 Å². The van der Waals surface area contributed by atoms with Gasteiger partial charge < -0.3 is 15.3 Å². The summed E-state index contributed by atoms with van der Waals surface area (Å²) in [6, 6.07) is 6.93. The molecule has 2 N–H and O–H groups in total. The summed E-state index contributed by atoms with van der Waals surface area (Å²) >= 11 is 3.70. The first kappa shape index (κ1) is 16.8. The van der Waals surface area contributed by atoms with Gasteiger partial charge in [0.25, 0.3) is 0 Å². The zero-order valence-electron chi connectivity index (χ0n) is 13.3. The first-order chi connectivity index (χ1) is 10.0. The van der Waals surface area contributed by atoms with Gasteiger partial charge in [0.05, 0.1) is 11.8 Å². The average molecular weight is 355 g/mol. The SMILES string of the molecule is CCCNC(C)c1ccc(N2CCC(C)C(O)C2)c(Br)c1. The number of aliphatic hydroxyl groups excluding tert-OH is 1. The van der Waals surface area contributed by atoms with Crippen molar-refractivity contribution in [1.82, 2.24) is 5.32 Å². The van der Waals surface area contributed by atoms with Gasteiger partial charge in [-0.05, 0) is 65.9 Å². The van der Waals surface area contributed by atoms with Gasteiger partial charge in [0.1, 0.15) is 0 Å². The van der Waals surface area contributed by atoms with Crippen LogP contribution in [0.2, 0.25) is 0 Å². The molecule has 0 bridgehead atoms. The van der Waals surface area contributed by atoms with E-state index < -0.39 is 0 Å². The minimum absolute atomic E-state index is 0.226. The molecule has 1 saturated heterocycles. The fourth-order valence-corrected chi connectivity index (χ4v) is 3.44. The molecule has 1 aliphatic rings. The topological polar surface area (TPSA) is 35.5 Å². The van der Waals surface area contributed by atoms with Crippen LogP contribution >= 0.6 is 15.9 Å². The third-order valence-corrected chi connectivity index (χ3v) is 5.07. The molecule has 4 heteroatoms. The maximum Gasteiger partial charge on any atom is 0.0741 e. The van der Waals surface area contributed by atoms with Gasteiger partial charge in [-0.2, -0.15) is 0 Å². The van der Waals surface area contributed by atoms with E-state index in [1.807, 2.05) is 0 Å². The molecule has 0 saturated carbocycles. The minimum atomic E-state index is -0.226. The summed E-state index contributed by atoms with van der Waals surface area (Å²) in [6.07, 6.45) is 1.97. The van der Waals surface area contributed by atoms with E-state index in [1.165, 1.54) is 11.3 Å². The molecule has 0 aromatic heterocycles. The predicted octanol–water partition coefficient (Wildman–Crippen LogP) is 3.72. The monoisotopic (exact) mass is 354 g/mol. The zero-order chi connectivity index (χ0) is 15.4. The third kappa shape index (κ3) is 4.21. The Kier molecular flexibility index (Phi) is 6.08. The normalized spacial score (nSPS) is 24.1. The Morgan fingerprint density at radius 1 is 1.48 bits per heavy atom. The molecule has 3 atom stereocenters. The van der Waals surface area contributed by atoms with Crippen molar-refractivity contribution in [1.29, 1.82) is 0 Å². The van der Waals surface area contributed by atoms with Crippen LogP contribution in [0.25, 0.3) is 0 Å². The number of nitrogens with one attached hydrogen (secondary N) is 1. The molecule has 1 aromatic carbocycles. The molecule has 2 rings (SSSR count). The lowest BCUT2D eigenvalue weighted by atomic mass is 9.95. The lowest BCUT2D eigenvalue weighted by Crippen LogP contribution is -2.43. The second-order valence-electron chi connectivity index (χ2n) is 6.17. The fourth-order valence-electron chi connectivity index (χ4n) is 2.80. The Hall–Kier alpha value is -0.580. The van der Waals surface area contributed by atoms with E-state index in [9.17, 15) is 5.11 Å². The van der Waals surface area contributed by atoms with Crippen molar-refractivity contribution < 1.29 is 5.11 Å². The number of nitrogens with zero attached hydrogens (tertiary/aromatic N) is 1. The van der Waals surface area contributed by atoms with Gasteiger partial charge in [0.2, 0.25) is 0 Å². The number of β-amino-alcohol motifs (C(OH)–C–C–N with tert-alkyl or cyclic N) is 1. The van der Waals surface area contributed by atoms with Crippen molar-refractivity contribution >= 4 is 21.6 Å². The van der Waals surface area contributed by atoms with E-state index in [0.717, 1.165) is 36.9 Å². The molecule has 3 nitrogen and oxygen atoms in total. The van der Waals surface area contributed by atoms with Gasteiger partial charge in [0, 0.05) is 23.6 Å². The number of hydrogen-bond donors (Lipinski definition) is 2. The van der Waals surface area contributed by atoms with Crippen LogP contribution in [0.3, 0.4) is 0 Å². The second-order valence-corrected chi connectivity index (χ2v) is 7.02. The smallest absolute Gasteiger partial charge is 0.0741 e. The lowest BCUT2D eigenvalue weighted by Gasteiger charge is -2.36. The Morgan fingerprint density at radius 3 is 2.86 bits per heavy atom. The standard InChI is InChI=1S/C17H27BrN2O/c1-4-8-19-13(3)14-5-6-16(15(18)10-14)20-9-7-12(2)17(21)11-20/h5-6,10,12-13,17,19,21H,4,7-9,11H2,1-3H3. The lowest BCUT2D eigenvalue weighted by molar-refractivity contribution is 0.103. The number of piperidine rings is 1. The van der Waals surface area contributed by atoms with Crippen LogP contribution < -0.4 is 10.2 Å². The van der Waals surface area contributed by atoms with Gasteiger partial charge >= 0.3 is 0 Å². The second kappa shape index (κ2) is 7.61. The molecule has 0 amide bonds. The van der Waals surface area contributed by atoms with Crippen molar-refractivity contribution in [2.75, 3.05) is 24.5 Å². The number of aliphatic hydroxyl groups is 1. The molecule has 21 heavy (non-hydrogen) atoms. The highest BCUT2D eigenvalue weighted by molar-refractivity contribution is 9.10. The van der Waals surface area contributed by atoms with Crippen LogP contribution in [0.4, 0.5) is 5.69 Å². The van der Waals surface area contributed by atoms with Crippen molar-refractivity contribution in [2.24, 2.45) is 5.92 Å². The highest BCUT2D eigenvalue weighted by Crippen LogP contribution is 2.32. The number of rotatable bonds is 5. The summed E-state index contributed by atoms with van der Waals surface area (Å²) in [6.45, 7) is 9.28. The van der Waals surface area contributed by atoms with E-state index in [0.29, 0.717) is 12.0 Å². The molecular weight excluding hydrogens is 328 g/mol. The van der Waals surface area contributed by atoms with E-state index in [-0.39, 0.29) is 6.10 Å². The summed E-state index contributed by atoms with van der Waals surface area (Å²) in [4.78, 5) is 2.28. The molecule has 0 radical (unpaired) electrons. The van der Waals surface area contributed by atoms with E-state index in [2.05, 4.69) is 65.1 Å². The summed E-state index contributed by atoms with van der Waals surface area (Å²) in [5.41, 5.74) is 2.48. The van der Waals surface area contributed by atoms with Crippen LogP contribution in [0, 0.1) is 5.92 Å². The Labute approximate surface area is 136 Å². The molecule has 0 aliphatic carbocycles. The van der Waals surface area contributed by atoms with Crippen molar-refractivity contribution in [3.8, 4) is 0 Å². The Balaban J connectivity index is 2.08. The number of anilines is 1. The number of hydrogen-bond acceptors (Lipinski definition) is 3. The quantitative estimate of drug-likeness (QED) is 0.845. The highest BCUT2D eigenvalue weighted by Gasteiger charge is 2.25. The maximum absolute atomic E-state index is 10.1. The zero-order valence-corrected chi connectivity index (χ0v) is 14.9. The van der Waals surface area contributed by atoms with E-state index >= 15 is 0 Å². The first-order valence-electron chi connectivity index (χ1n) is 7.98. The van der Waals surface area contributed by atoms with Gasteiger partial charge in [0.15, 0.2) is 0 Å². The molecule has 1 aliphatic heterocycles. The molecular formula is C17H27BrN2O. The molecule has 0 spiro atoms. The number of benzene rings is 1. The van der Waals surface area contributed by atoms with Gasteiger partial charge in [-0.3, -0.25) is 0 Å². The minimum Gasteiger partial charge on any atom is -0.391 e. The van der Waals surface area contributed by atoms with Crippen LogP contribution in [-0.2, 0) is 0 Å². The van der Waals surface area contributed by atoms with E-state index in [4.69, 9.17) is 0 Å². The molecule has 118 valence electrons.